The van der Waals surface area contributed by atoms with Crippen LogP contribution in [0.25, 0.3) is 0 Å². The molecule has 18 nitrogen and oxygen atoms in total. The second-order valence-corrected chi connectivity index (χ2v) is 22.6. The van der Waals surface area contributed by atoms with Crippen LogP contribution >= 0.6 is 0 Å². The molecule has 2 rings (SSSR count). The summed E-state index contributed by atoms with van der Waals surface area (Å²) in [6.07, 6.45) is 26.7. The molecule has 2 unspecified atom stereocenters. The molecule has 0 fully saturated rings. The maximum Gasteiger partial charge on any atom is 0.314 e. The Bertz CT molecular complexity index is 2480. The Hall–Kier alpha value is -6.22. The van der Waals surface area contributed by atoms with Crippen molar-refractivity contribution in [1.82, 2.24) is 21.3 Å². The lowest BCUT2D eigenvalue weighted by atomic mass is 9.71. The number of carbonyl (C=O) groups excluding carboxylic acids is 6. The van der Waals surface area contributed by atoms with Crippen molar-refractivity contribution in [3.8, 4) is 0 Å². The Balaban J connectivity index is 1.88. The number of nitrogens with one attached hydrogen (secondary N) is 4. The number of urea groups is 2. The molecule has 0 radical (unpaired) electrons. The molecule has 2 aliphatic carbocycles. The van der Waals surface area contributed by atoms with Crippen LogP contribution in [0.1, 0.15) is 108 Å². The van der Waals surface area contributed by atoms with Crippen LogP contribution < -0.4 is 21.3 Å². The third kappa shape index (κ3) is 25.1. The summed E-state index contributed by atoms with van der Waals surface area (Å²) in [5.74, 6) is -2.89. The number of Topliss-reactive ketones (excluding diaryl/α,β-unsaturated/α-hetero) is 2. The predicted octanol–water partition coefficient (Wildman–Crippen LogP) is 7.94. The number of allylic oxidation sites excluding steroid dienone is 20. The maximum atomic E-state index is 13.3. The first-order chi connectivity index (χ1) is 34.4. The molecule has 20 heteroatoms. The minimum Gasteiger partial charge on any atom is -0.454 e. The second-order valence-electron chi connectivity index (χ2n) is 19.5. The molecule has 4 amide bonds. The van der Waals surface area contributed by atoms with E-state index in [0.717, 1.165) is 33.4 Å². The van der Waals surface area contributed by atoms with Crippen LogP contribution in [0.15, 0.2) is 130 Å². The van der Waals surface area contributed by atoms with Gasteiger partial charge in [0.15, 0.2) is 23.8 Å². The minimum absolute atomic E-state index is 0.0330. The zero-order chi connectivity index (χ0) is 55.9. The molecule has 0 aromatic heterocycles. The van der Waals surface area contributed by atoms with Crippen molar-refractivity contribution in [2.24, 2.45) is 10.8 Å². The zero-order valence-corrected chi connectivity index (χ0v) is 46.0. The van der Waals surface area contributed by atoms with Crippen molar-refractivity contribution >= 4 is 55.8 Å². The van der Waals surface area contributed by atoms with E-state index in [9.17, 15) is 45.6 Å². The van der Waals surface area contributed by atoms with E-state index in [0.29, 0.717) is 24.0 Å². The first kappa shape index (κ1) is 63.9. The van der Waals surface area contributed by atoms with Gasteiger partial charge in [-0.1, -0.05) is 135 Å². The quantitative estimate of drug-likeness (QED) is 0.0208. The number of amides is 4. The molecule has 0 aromatic rings. The summed E-state index contributed by atoms with van der Waals surface area (Å²) in [5, 5.41) is 9.54. The summed E-state index contributed by atoms with van der Waals surface area (Å²) in [6, 6.07) is -1.28. The van der Waals surface area contributed by atoms with Crippen LogP contribution in [-0.4, -0.2) is 111 Å². The number of rotatable bonds is 26. The van der Waals surface area contributed by atoms with Gasteiger partial charge in [0.2, 0.25) is 0 Å². The number of ketones is 2. The number of hydrogen-bond donors (Lipinski definition) is 6. The van der Waals surface area contributed by atoms with Gasteiger partial charge in [0, 0.05) is 51.9 Å². The number of ether oxygens (including phenoxy) is 2. The summed E-state index contributed by atoms with van der Waals surface area (Å²) in [7, 11) is -8.39. The lowest BCUT2D eigenvalue weighted by Gasteiger charge is -2.36. The van der Waals surface area contributed by atoms with Gasteiger partial charge in [0.1, 0.15) is 0 Å². The van der Waals surface area contributed by atoms with Gasteiger partial charge in [0.25, 0.3) is 20.2 Å². The molecule has 0 aliphatic heterocycles. The van der Waals surface area contributed by atoms with Gasteiger partial charge in [-0.2, -0.15) is 16.8 Å². The van der Waals surface area contributed by atoms with Crippen molar-refractivity contribution in [3.63, 3.8) is 0 Å². The van der Waals surface area contributed by atoms with Crippen LogP contribution in [0.2, 0.25) is 0 Å². The fourth-order valence-electron chi connectivity index (χ4n) is 7.77. The molecule has 2 atom stereocenters. The highest BCUT2D eigenvalue weighted by Crippen LogP contribution is 2.42. The highest BCUT2D eigenvalue weighted by molar-refractivity contribution is 7.86. The first-order valence-corrected chi connectivity index (χ1v) is 27.5. The van der Waals surface area contributed by atoms with Crippen LogP contribution in [0.5, 0.6) is 0 Å². The Labute approximate surface area is 437 Å². The van der Waals surface area contributed by atoms with Gasteiger partial charge < -0.3 is 30.7 Å². The first-order valence-electron chi connectivity index (χ1n) is 24.3. The van der Waals surface area contributed by atoms with Crippen molar-refractivity contribution < 1.29 is 64.2 Å². The number of hydrogen-bond acceptors (Lipinski definition) is 12. The predicted molar refractivity (Wildman–Crippen MR) is 287 cm³/mol. The number of carbonyl (C=O) groups is 6. The standard InChI is InChI=1S/C54H76N4O14S2/c1-37(19-13-21-39(3)25-27-43-41(5)49(61)45(35-53(43,7)8)71-47(59)23-15-29-55-51(63)57-31-33-73(65,66)67)17-11-12-18-38(2)20-14-22-40(4)26-28-44-42(6)50(62)46(36-54(44,9)10)72-48(60)24-16-30-56-52(64)58-32-34-74(68,69)70/h11-14,17-22,25-28,45-46H,15-16,23-24,29-36H2,1-10H3,(H2,55,57,63)(H2,56,58,64)(H,65,66,67)(H,68,69,70)/b12-11+,19-13+,20-14+,27-25+,28-26+,37-17+,38-18+,39-21+,40-22+. The summed E-state index contributed by atoms with van der Waals surface area (Å²) in [6.45, 7) is 19.1. The molecule has 0 bridgehead atoms. The average molecular weight is 1070 g/mol. The van der Waals surface area contributed by atoms with Gasteiger partial charge in [-0.05, 0) is 87.5 Å². The molecule has 0 aromatic carbocycles. The van der Waals surface area contributed by atoms with Crippen molar-refractivity contribution in [2.45, 2.75) is 120 Å². The second kappa shape index (κ2) is 30.2. The maximum absolute atomic E-state index is 13.3. The Morgan fingerprint density at radius 2 is 0.851 bits per heavy atom. The van der Waals surface area contributed by atoms with Gasteiger partial charge in [-0.25, -0.2) is 9.59 Å². The van der Waals surface area contributed by atoms with Gasteiger partial charge >= 0.3 is 24.0 Å². The summed E-state index contributed by atoms with van der Waals surface area (Å²) in [5.41, 5.74) is 5.84. The summed E-state index contributed by atoms with van der Waals surface area (Å²) < 4.78 is 71.6. The zero-order valence-electron chi connectivity index (χ0n) is 44.3. The highest BCUT2D eigenvalue weighted by Gasteiger charge is 2.41. The normalized spacial score (nSPS) is 19.4. The largest absolute Gasteiger partial charge is 0.454 e. The fraction of sp³-hybridized carbons (Fsp3) is 0.481. The van der Waals surface area contributed by atoms with Crippen molar-refractivity contribution in [3.05, 3.63) is 130 Å². The summed E-state index contributed by atoms with van der Waals surface area (Å²) in [4.78, 5) is 75.1. The van der Waals surface area contributed by atoms with Gasteiger partial charge in [-0.15, -0.1) is 0 Å². The molecule has 0 spiro atoms. The van der Waals surface area contributed by atoms with Crippen LogP contribution in [0.4, 0.5) is 9.59 Å². The smallest absolute Gasteiger partial charge is 0.314 e. The average Bonchev–Trinajstić information content (AvgIpc) is 3.27. The lowest BCUT2D eigenvalue weighted by Crippen LogP contribution is -2.39. The fourth-order valence-corrected chi connectivity index (χ4v) is 8.49. The highest BCUT2D eigenvalue weighted by atomic mass is 32.2. The molecule has 74 heavy (non-hydrogen) atoms. The van der Waals surface area contributed by atoms with E-state index in [1.807, 2.05) is 140 Å². The Kier molecular flexibility index (Phi) is 26.1. The van der Waals surface area contributed by atoms with Crippen LogP contribution in [-0.2, 0) is 48.9 Å². The molecule has 408 valence electrons. The monoisotopic (exact) mass is 1070 g/mol. The SMILES string of the molecule is CC1=C(/C=C/C(C)=C/C=C/C(C)=C/C=C/C=C(C)/C=C/C=C(C)/C=C/C2=C(C)C(=O)C(OC(=O)CCCNC(=O)NCCS(=O)(=O)O)CC2(C)C)C(C)(C)CC(OC(=O)CCCNC(=O)NCCS(=O)(=O)O)C1=O. The Morgan fingerprint density at radius 1 is 0.541 bits per heavy atom. The molecule has 2 aliphatic rings. The van der Waals surface area contributed by atoms with Crippen LogP contribution in [0.3, 0.4) is 0 Å². The van der Waals surface area contributed by atoms with E-state index >= 15 is 0 Å². The van der Waals surface area contributed by atoms with E-state index in [4.69, 9.17) is 18.6 Å². The third-order valence-electron chi connectivity index (χ3n) is 11.8. The molecule has 0 heterocycles. The molecule has 6 N–H and O–H groups in total. The van der Waals surface area contributed by atoms with Crippen molar-refractivity contribution in [1.29, 1.82) is 0 Å². The number of esters is 2. The molecular weight excluding hydrogens is 993 g/mol. The Morgan fingerprint density at radius 3 is 1.19 bits per heavy atom. The van der Waals surface area contributed by atoms with Crippen molar-refractivity contribution in [2.75, 3.05) is 37.7 Å². The van der Waals surface area contributed by atoms with E-state index in [1.54, 1.807) is 13.8 Å². The summed E-state index contributed by atoms with van der Waals surface area (Å²) >= 11 is 0. The molecular formula is C54H76N4O14S2. The molecule has 0 saturated heterocycles. The van der Waals surface area contributed by atoms with Gasteiger partial charge in [-0.3, -0.25) is 28.3 Å². The van der Waals surface area contributed by atoms with Gasteiger partial charge in [0.05, 0.1) is 11.5 Å². The lowest BCUT2D eigenvalue weighted by molar-refractivity contribution is -0.156. The van der Waals surface area contributed by atoms with E-state index in [1.165, 1.54) is 0 Å². The van der Waals surface area contributed by atoms with E-state index < -0.39 is 78.8 Å². The van der Waals surface area contributed by atoms with E-state index in [-0.39, 0.29) is 63.4 Å². The molecule has 0 saturated carbocycles. The topological polar surface area (TPSA) is 278 Å². The minimum atomic E-state index is -4.19. The van der Waals surface area contributed by atoms with E-state index in [2.05, 4.69) is 21.3 Å². The third-order valence-corrected chi connectivity index (χ3v) is 13.2. The van der Waals surface area contributed by atoms with Crippen LogP contribution in [0, 0.1) is 10.8 Å².